The molecule has 1 heterocycles. The lowest BCUT2D eigenvalue weighted by atomic mass is 9.80. The second kappa shape index (κ2) is 4.06. The normalized spacial score (nSPS) is 19.3. The zero-order chi connectivity index (χ0) is 10.9. The number of hydrogen-bond acceptors (Lipinski definition) is 3. The molecule has 1 saturated carbocycles. The van der Waals surface area contributed by atoms with Crippen molar-refractivity contribution in [3.63, 3.8) is 0 Å². The van der Waals surface area contributed by atoms with E-state index in [1.54, 1.807) is 11.3 Å². The lowest BCUT2D eigenvalue weighted by Gasteiger charge is -2.24. The van der Waals surface area contributed by atoms with Crippen LogP contribution in [0.5, 0.6) is 0 Å². The number of nitrogens with two attached hydrogens (primary N) is 1. The van der Waals surface area contributed by atoms with Crippen LogP contribution >= 0.6 is 11.3 Å². The molecule has 1 aliphatic rings. The number of carbonyl (C=O) groups excluding carboxylic acids is 1. The van der Waals surface area contributed by atoms with Crippen LogP contribution in [0.25, 0.3) is 0 Å². The van der Waals surface area contributed by atoms with E-state index < -0.39 is 0 Å². The second-order valence-corrected chi connectivity index (χ2v) is 5.37. The van der Waals surface area contributed by atoms with Gasteiger partial charge < -0.3 is 5.73 Å². The van der Waals surface area contributed by atoms with Gasteiger partial charge in [-0.15, -0.1) is 11.3 Å². The molecule has 2 rings (SSSR count). The van der Waals surface area contributed by atoms with E-state index in [0.717, 1.165) is 36.1 Å². The zero-order valence-corrected chi connectivity index (χ0v) is 9.90. The Labute approximate surface area is 94.5 Å². The van der Waals surface area contributed by atoms with Gasteiger partial charge in [0.1, 0.15) is 0 Å². The van der Waals surface area contributed by atoms with E-state index in [1.807, 2.05) is 18.4 Å². The molecule has 0 radical (unpaired) electrons. The highest BCUT2D eigenvalue weighted by molar-refractivity contribution is 7.12. The number of Topliss-reactive ketones (excluding diaryl/α,β-unsaturated/α-hetero) is 1. The number of hydrogen-bond donors (Lipinski definition) is 1. The highest BCUT2D eigenvalue weighted by atomic mass is 32.1. The van der Waals surface area contributed by atoms with Gasteiger partial charge in [-0.3, -0.25) is 4.79 Å². The topological polar surface area (TPSA) is 43.1 Å². The van der Waals surface area contributed by atoms with Crippen molar-refractivity contribution < 1.29 is 4.79 Å². The smallest absolute Gasteiger partial charge is 0.180 e. The van der Waals surface area contributed by atoms with Crippen LogP contribution in [-0.4, -0.2) is 12.3 Å². The Balaban J connectivity index is 2.30. The van der Waals surface area contributed by atoms with Gasteiger partial charge in [-0.1, -0.05) is 12.8 Å². The molecule has 1 fully saturated rings. The van der Waals surface area contributed by atoms with E-state index in [0.29, 0.717) is 6.54 Å². The molecule has 3 heteroatoms. The maximum atomic E-state index is 12.4. The van der Waals surface area contributed by atoms with Crippen LogP contribution in [0.4, 0.5) is 0 Å². The van der Waals surface area contributed by atoms with Crippen molar-refractivity contribution in [1.82, 2.24) is 0 Å². The van der Waals surface area contributed by atoms with Gasteiger partial charge in [-0.25, -0.2) is 0 Å². The maximum Gasteiger partial charge on any atom is 0.180 e. The highest BCUT2D eigenvalue weighted by Crippen LogP contribution is 2.41. The van der Waals surface area contributed by atoms with Gasteiger partial charge in [0.05, 0.1) is 4.88 Å². The van der Waals surface area contributed by atoms with Gasteiger partial charge >= 0.3 is 0 Å². The van der Waals surface area contributed by atoms with Crippen LogP contribution in [0.3, 0.4) is 0 Å². The minimum atomic E-state index is -0.240. The Hall–Kier alpha value is -0.670. The van der Waals surface area contributed by atoms with Crippen molar-refractivity contribution in [2.45, 2.75) is 32.6 Å². The standard InChI is InChI=1S/C12H17NOS/c1-9-4-7-15-10(9)11(14)12(8-13)5-2-3-6-12/h4,7H,2-3,5-6,8,13H2,1H3. The van der Waals surface area contributed by atoms with E-state index in [1.165, 1.54) is 0 Å². The summed E-state index contributed by atoms with van der Waals surface area (Å²) in [4.78, 5) is 13.3. The molecule has 82 valence electrons. The van der Waals surface area contributed by atoms with Crippen molar-refractivity contribution in [2.75, 3.05) is 6.54 Å². The lowest BCUT2D eigenvalue weighted by Crippen LogP contribution is -2.36. The molecular formula is C12H17NOS. The van der Waals surface area contributed by atoms with Crippen LogP contribution < -0.4 is 5.73 Å². The van der Waals surface area contributed by atoms with Crippen molar-refractivity contribution in [3.8, 4) is 0 Å². The molecule has 0 unspecified atom stereocenters. The fourth-order valence-electron chi connectivity index (χ4n) is 2.42. The van der Waals surface area contributed by atoms with E-state index in [-0.39, 0.29) is 11.2 Å². The summed E-state index contributed by atoms with van der Waals surface area (Å²) in [5.41, 5.74) is 6.67. The van der Waals surface area contributed by atoms with Crippen LogP contribution in [0, 0.1) is 12.3 Å². The maximum absolute atomic E-state index is 12.4. The Morgan fingerprint density at radius 1 is 1.53 bits per heavy atom. The number of carbonyl (C=O) groups is 1. The van der Waals surface area contributed by atoms with E-state index in [9.17, 15) is 4.79 Å². The monoisotopic (exact) mass is 223 g/mol. The number of ketones is 1. The number of thiophene rings is 1. The average molecular weight is 223 g/mol. The third-order valence-corrected chi connectivity index (χ3v) is 4.52. The van der Waals surface area contributed by atoms with Crippen LogP contribution in [0.1, 0.15) is 40.9 Å². The predicted octanol–water partition coefficient (Wildman–Crippen LogP) is 2.76. The molecule has 0 aliphatic heterocycles. The minimum absolute atomic E-state index is 0.240. The summed E-state index contributed by atoms with van der Waals surface area (Å²) in [6, 6.07) is 2.01. The average Bonchev–Trinajstić information content (AvgIpc) is 2.86. The van der Waals surface area contributed by atoms with Crippen molar-refractivity contribution >= 4 is 17.1 Å². The summed E-state index contributed by atoms with van der Waals surface area (Å²) >= 11 is 1.55. The van der Waals surface area contributed by atoms with Crippen molar-refractivity contribution in [3.05, 3.63) is 21.9 Å². The van der Waals surface area contributed by atoms with Gasteiger partial charge in [-0.2, -0.15) is 0 Å². The largest absolute Gasteiger partial charge is 0.329 e. The Bertz CT molecular complexity index is 363. The fraction of sp³-hybridized carbons (Fsp3) is 0.583. The molecule has 0 spiro atoms. The minimum Gasteiger partial charge on any atom is -0.329 e. The third-order valence-electron chi connectivity index (χ3n) is 3.50. The summed E-state index contributed by atoms with van der Waals surface area (Å²) in [7, 11) is 0. The fourth-order valence-corrected chi connectivity index (χ4v) is 3.41. The van der Waals surface area contributed by atoms with Gasteiger partial charge in [0.2, 0.25) is 0 Å². The first-order valence-electron chi connectivity index (χ1n) is 5.48. The Morgan fingerprint density at radius 3 is 2.67 bits per heavy atom. The molecular weight excluding hydrogens is 206 g/mol. The third kappa shape index (κ3) is 1.74. The second-order valence-electron chi connectivity index (χ2n) is 4.45. The van der Waals surface area contributed by atoms with Crippen molar-refractivity contribution in [2.24, 2.45) is 11.1 Å². The van der Waals surface area contributed by atoms with E-state index >= 15 is 0 Å². The zero-order valence-electron chi connectivity index (χ0n) is 9.08. The number of aryl methyl sites for hydroxylation is 1. The van der Waals surface area contributed by atoms with E-state index in [2.05, 4.69) is 0 Å². The first-order chi connectivity index (χ1) is 7.19. The summed E-state index contributed by atoms with van der Waals surface area (Å²) in [5, 5.41) is 1.99. The summed E-state index contributed by atoms with van der Waals surface area (Å²) < 4.78 is 0. The van der Waals surface area contributed by atoms with Gasteiger partial charge in [-0.05, 0) is 36.8 Å². The van der Waals surface area contributed by atoms with Crippen LogP contribution in [-0.2, 0) is 0 Å². The summed E-state index contributed by atoms with van der Waals surface area (Å²) in [6.07, 6.45) is 4.24. The summed E-state index contributed by atoms with van der Waals surface area (Å²) in [6.45, 7) is 2.51. The van der Waals surface area contributed by atoms with Gasteiger partial charge in [0.25, 0.3) is 0 Å². The Morgan fingerprint density at radius 2 is 2.20 bits per heavy atom. The molecule has 0 bridgehead atoms. The van der Waals surface area contributed by atoms with Gasteiger partial charge in [0, 0.05) is 12.0 Å². The molecule has 0 saturated heterocycles. The predicted molar refractivity (Wildman–Crippen MR) is 63.3 cm³/mol. The Kier molecular flexibility index (Phi) is 2.94. The molecule has 0 aromatic carbocycles. The van der Waals surface area contributed by atoms with Gasteiger partial charge in [0.15, 0.2) is 5.78 Å². The molecule has 0 atom stereocenters. The van der Waals surface area contributed by atoms with E-state index in [4.69, 9.17) is 5.73 Å². The first kappa shape index (κ1) is 10.8. The first-order valence-corrected chi connectivity index (χ1v) is 6.36. The molecule has 0 amide bonds. The van der Waals surface area contributed by atoms with Crippen LogP contribution in [0.15, 0.2) is 11.4 Å². The molecule has 1 aromatic heterocycles. The number of rotatable bonds is 3. The molecule has 15 heavy (non-hydrogen) atoms. The summed E-state index contributed by atoms with van der Waals surface area (Å²) in [5.74, 6) is 0.287. The molecule has 2 nitrogen and oxygen atoms in total. The SMILES string of the molecule is Cc1ccsc1C(=O)C1(CN)CCCC1. The molecule has 2 N–H and O–H groups in total. The molecule has 1 aromatic rings. The molecule has 1 aliphatic carbocycles. The highest BCUT2D eigenvalue weighted by Gasteiger charge is 2.40. The lowest BCUT2D eigenvalue weighted by molar-refractivity contribution is 0.0814. The van der Waals surface area contributed by atoms with Crippen LogP contribution in [0.2, 0.25) is 0 Å². The van der Waals surface area contributed by atoms with Crippen molar-refractivity contribution in [1.29, 1.82) is 0 Å². The quantitative estimate of drug-likeness (QED) is 0.801.